The lowest BCUT2D eigenvalue weighted by Crippen LogP contribution is -2.26. The number of ketones is 2. The van der Waals surface area contributed by atoms with Crippen LogP contribution in [0.4, 0.5) is 0 Å². The van der Waals surface area contributed by atoms with E-state index in [9.17, 15) is 9.59 Å². The molecule has 0 unspecified atom stereocenters. The molecule has 1 N–H and O–H groups in total. The highest BCUT2D eigenvalue weighted by molar-refractivity contribution is 5.92. The number of hydrogen-bond donors (Lipinski definition) is 1. The summed E-state index contributed by atoms with van der Waals surface area (Å²) in [5.74, 6) is 0.792. The zero-order chi connectivity index (χ0) is 19.2. The van der Waals surface area contributed by atoms with Gasteiger partial charge in [-0.05, 0) is 18.1 Å². The number of aromatic amines is 1. The van der Waals surface area contributed by atoms with Crippen molar-refractivity contribution in [3.8, 4) is 0 Å². The summed E-state index contributed by atoms with van der Waals surface area (Å²) in [5.41, 5.74) is 0.386. The molecule has 0 saturated heterocycles. The fourth-order valence-electron chi connectivity index (χ4n) is 2.70. The molecule has 1 aromatic rings. The molecule has 142 valence electrons. The Morgan fingerprint density at radius 3 is 2.08 bits per heavy atom. The van der Waals surface area contributed by atoms with Crippen LogP contribution in [0.15, 0.2) is 15.4 Å². The largest absolute Gasteiger partial charge is 0.300 e. The highest BCUT2D eigenvalue weighted by Gasteiger charge is 2.28. The van der Waals surface area contributed by atoms with Crippen LogP contribution in [0.1, 0.15) is 72.0 Å². The highest BCUT2D eigenvalue weighted by atomic mass is 16.1. The van der Waals surface area contributed by atoms with Gasteiger partial charge in [-0.15, -0.1) is 15.3 Å². The lowest BCUT2D eigenvalue weighted by atomic mass is 9.81. The molecule has 0 aliphatic carbocycles. The zero-order valence-corrected chi connectivity index (χ0v) is 15.9. The van der Waals surface area contributed by atoms with Crippen LogP contribution in [0.2, 0.25) is 0 Å². The Labute approximate surface area is 153 Å². The molecule has 26 heavy (non-hydrogen) atoms. The second kappa shape index (κ2) is 8.37. The van der Waals surface area contributed by atoms with Crippen LogP contribution in [-0.4, -0.2) is 44.4 Å². The summed E-state index contributed by atoms with van der Waals surface area (Å²) in [5, 5.41) is 25.5. The summed E-state index contributed by atoms with van der Waals surface area (Å²) in [4.78, 5) is 24.2. The summed E-state index contributed by atoms with van der Waals surface area (Å²) in [7, 11) is 0. The molecule has 0 amide bonds. The van der Waals surface area contributed by atoms with Crippen molar-refractivity contribution in [3.05, 3.63) is 5.82 Å². The van der Waals surface area contributed by atoms with Gasteiger partial charge in [0.05, 0.1) is 5.71 Å². The van der Waals surface area contributed by atoms with Crippen LogP contribution < -0.4 is 0 Å². The third-order valence-electron chi connectivity index (χ3n) is 4.92. The summed E-state index contributed by atoms with van der Waals surface area (Å²) in [6, 6.07) is 0. The number of nitrogens with zero attached hydrogens (tertiary/aromatic N) is 6. The molecule has 2 rings (SSSR count). The molecule has 2 heterocycles. The Morgan fingerprint density at radius 2 is 1.58 bits per heavy atom. The van der Waals surface area contributed by atoms with E-state index in [1.807, 2.05) is 27.7 Å². The van der Waals surface area contributed by atoms with E-state index in [4.69, 9.17) is 0 Å². The van der Waals surface area contributed by atoms with Crippen molar-refractivity contribution in [2.45, 2.75) is 71.6 Å². The van der Waals surface area contributed by atoms with Crippen molar-refractivity contribution in [2.24, 2.45) is 20.9 Å². The molecule has 0 saturated carbocycles. The Kier molecular flexibility index (Phi) is 6.44. The average molecular weight is 361 g/mol. The van der Waals surface area contributed by atoms with Crippen LogP contribution in [0.5, 0.6) is 0 Å². The normalized spacial score (nSPS) is 14.5. The molecular formula is C17H27N7O2. The summed E-state index contributed by atoms with van der Waals surface area (Å²) < 4.78 is 0. The van der Waals surface area contributed by atoms with Gasteiger partial charge in [0.1, 0.15) is 18.1 Å². The number of Topliss-reactive ketones (excluding diaryl/α,β-unsaturated/α-hetero) is 2. The maximum atomic E-state index is 12.1. The molecule has 1 aromatic heterocycles. The van der Waals surface area contributed by atoms with Gasteiger partial charge in [0, 0.05) is 36.5 Å². The van der Waals surface area contributed by atoms with Crippen LogP contribution in [0, 0.1) is 5.41 Å². The third kappa shape index (κ3) is 5.60. The van der Waals surface area contributed by atoms with Crippen LogP contribution >= 0.6 is 0 Å². The monoisotopic (exact) mass is 361 g/mol. The fraction of sp³-hybridized carbons (Fsp3) is 0.765. The molecule has 9 nitrogen and oxygen atoms in total. The lowest BCUT2D eigenvalue weighted by molar-refractivity contribution is -0.124. The predicted molar refractivity (Wildman–Crippen MR) is 95.9 cm³/mol. The molecular weight excluding hydrogens is 334 g/mol. The third-order valence-corrected chi connectivity index (χ3v) is 4.92. The summed E-state index contributed by atoms with van der Waals surface area (Å²) in [6.07, 6.45) is 2.73. The van der Waals surface area contributed by atoms with E-state index in [1.165, 1.54) is 0 Å². The fourth-order valence-corrected chi connectivity index (χ4v) is 2.70. The van der Waals surface area contributed by atoms with Crippen molar-refractivity contribution in [3.63, 3.8) is 0 Å². The van der Waals surface area contributed by atoms with Gasteiger partial charge < -0.3 is 0 Å². The predicted octanol–water partition coefficient (Wildman–Crippen LogP) is 2.80. The number of carbonyl (C=O) groups is 2. The van der Waals surface area contributed by atoms with Gasteiger partial charge in [-0.25, -0.2) is 0 Å². The first-order valence-electron chi connectivity index (χ1n) is 8.92. The Balaban J connectivity index is 1.68. The second-order valence-electron chi connectivity index (χ2n) is 8.02. The zero-order valence-electron chi connectivity index (χ0n) is 15.9. The van der Waals surface area contributed by atoms with E-state index in [-0.39, 0.29) is 28.8 Å². The van der Waals surface area contributed by atoms with E-state index in [0.29, 0.717) is 44.5 Å². The van der Waals surface area contributed by atoms with Gasteiger partial charge in [0.25, 0.3) is 0 Å². The SMILES string of the molecule is CC(C)(CCC(=O)CCC(=O)CCC(C)(C)c1nn[nH]n1)C1=NN=NC1. The smallest absolute Gasteiger partial charge is 0.180 e. The van der Waals surface area contributed by atoms with Crippen molar-refractivity contribution < 1.29 is 9.59 Å². The van der Waals surface area contributed by atoms with Gasteiger partial charge in [-0.1, -0.05) is 32.9 Å². The van der Waals surface area contributed by atoms with Gasteiger partial charge in [-0.3, -0.25) is 9.59 Å². The van der Waals surface area contributed by atoms with Gasteiger partial charge >= 0.3 is 0 Å². The quantitative estimate of drug-likeness (QED) is 0.648. The molecule has 0 atom stereocenters. The number of hydrogen-bond acceptors (Lipinski definition) is 8. The van der Waals surface area contributed by atoms with E-state index in [0.717, 1.165) is 5.71 Å². The lowest BCUT2D eigenvalue weighted by Gasteiger charge is -2.23. The molecule has 1 aliphatic heterocycles. The first-order valence-corrected chi connectivity index (χ1v) is 8.92. The number of carbonyl (C=O) groups excluding carboxylic acids is 2. The molecule has 0 radical (unpaired) electrons. The maximum absolute atomic E-state index is 12.1. The van der Waals surface area contributed by atoms with Crippen molar-refractivity contribution in [1.29, 1.82) is 0 Å². The molecule has 1 aliphatic rings. The number of H-pyrrole nitrogens is 1. The first kappa shape index (κ1) is 20.0. The second-order valence-corrected chi connectivity index (χ2v) is 8.02. The Bertz CT molecular complexity index is 690. The van der Waals surface area contributed by atoms with Crippen molar-refractivity contribution in [2.75, 3.05) is 6.54 Å². The Morgan fingerprint density at radius 1 is 0.962 bits per heavy atom. The number of rotatable bonds is 11. The summed E-state index contributed by atoms with van der Waals surface area (Å²) in [6.45, 7) is 8.54. The van der Waals surface area contributed by atoms with E-state index < -0.39 is 0 Å². The molecule has 0 fully saturated rings. The minimum Gasteiger partial charge on any atom is -0.300 e. The average Bonchev–Trinajstić information content (AvgIpc) is 3.30. The van der Waals surface area contributed by atoms with Crippen LogP contribution in [-0.2, 0) is 15.0 Å². The van der Waals surface area contributed by atoms with E-state index in [2.05, 4.69) is 36.1 Å². The number of nitrogens with one attached hydrogen (secondary N) is 1. The molecule has 0 aromatic carbocycles. The number of aromatic nitrogens is 4. The minimum atomic E-state index is -0.325. The van der Waals surface area contributed by atoms with Gasteiger partial charge in [0.15, 0.2) is 5.82 Å². The number of tetrazole rings is 1. The van der Waals surface area contributed by atoms with Crippen LogP contribution in [0.25, 0.3) is 0 Å². The Hall–Kier alpha value is -2.32. The molecule has 0 bridgehead atoms. The minimum absolute atomic E-state index is 0.0898. The van der Waals surface area contributed by atoms with E-state index in [1.54, 1.807) is 0 Å². The molecule has 0 spiro atoms. The topological polar surface area (TPSA) is 126 Å². The summed E-state index contributed by atoms with van der Waals surface area (Å²) >= 11 is 0. The standard InChI is InChI=1S/C17H27N7O2/c1-16(2,14-11-18-22-19-14)9-7-12(25)5-6-13(26)8-10-17(3,4)15-20-23-24-21-15/h5-11H2,1-4H3,(H,20,21,23,24). The van der Waals surface area contributed by atoms with Crippen LogP contribution in [0.3, 0.4) is 0 Å². The van der Waals surface area contributed by atoms with E-state index >= 15 is 0 Å². The van der Waals surface area contributed by atoms with Gasteiger partial charge in [0.2, 0.25) is 0 Å². The maximum Gasteiger partial charge on any atom is 0.180 e. The first-order chi connectivity index (χ1) is 12.2. The van der Waals surface area contributed by atoms with Crippen molar-refractivity contribution in [1.82, 2.24) is 20.6 Å². The van der Waals surface area contributed by atoms with Crippen molar-refractivity contribution >= 4 is 17.3 Å². The highest BCUT2D eigenvalue weighted by Crippen LogP contribution is 2.28. The van der Waals surface area contributed by atoms with Gasteiger partial charge in [-0.2, -0.15) is 10.3 Å². The molecule has 9 heteroatoms.